The molecule has 1 saturated heterocycles. The van der Waals surface area contributed by atoms with Gasteiger partial charge >= 0.3 is 0 Å². The minimum Gasteiger partial charge on any atom is -0.497 e. The summed E-state index contributed by atoms with van der Waals surface area (Å²) in [6.07, 6.45) is 4.07. The summed E-state index contributed by atoms with van der Waals surface area (Å²) in [5, 5.41) is 3.50. The van der Waals surface area contributed by atoms with Crippen molar-refractivity contribution in [2.75, 3.05) is 25.5 Å². The van der Waals surface area contributed by atoms with Crippen molar-refractivity contribution in [1.29, 1.82) is 0 Å². The number of ether oxygens (including phenoxy) is 1. The fraction of sp³-hybridized carbons (Fsp3) is 0.409. The van der Waals surface area contributed by atoms with Crippen molar-refractivity contribution in [1.82, 2.24) is 9.55 Å². The molecule has 4 rings (SSSR count). The van der Waals surface area contributed by atoms with Crippen molar-refractivity contribution in [3.05, 3.63) is 53.9 Å². The second-order valence-corrected chi connectivity index (χ2v) is 7.48. The van der Waals surface area contributed by atoms with Gasteiger partial charge in [0, 0.05) is 19.3 Å². The first-order chi connectivity index (χ1) is 13.2. The maximum atomic E-state index is 5.30. The van der Waals surface area contributed by atoms with Gasteiger partial charge in [-0.25, -0.2) is 4.98 Å². The molecule has 1 aliphatic rings. The van der Waals surface area contributed by atoms with Crippen LogP contribution in [-0.2, 0) is 20.1 Å². The number of likely N-dealkylation sites (tertiary alicyclic amines) is 1. The number of hydrogen-bond acceptors (Lipinski definition) is 3. The number of imidazole rings is 1. The Kier molecular flexibility index (Phi) is 5.30. The molecule has 0 amide bonds. The fourth-order valence-electron chi connectivity index (χ4n) is 3.96. The first-order valence-electron chi connectivity index (χ1n) is 9.88. The summed E-state index contributed by atoms with van der Waals surface area (Å²) in [7, 11) is 3.84. The third-order valence-corrected chi connectivity index (χ3v) is 5.57. The van der Waals surface area contributed by atoms with Crippen molar-refractivity contribution in [2.45, 2.75) is 32.4 Å². The normalized spacial score (nSPS) is 15.2. The van der Waals surface area contributed by atoms with Crippen LogP contribution >= 0.6 is 0 Å². The van der Waals surface area contributed by atoms with E-state index >= 15 is 0 Å². The van der Waals surface area contributed by atoms with E-state index in [9.17, 15) is 0 Å². The van der Waals surface area contributed by atoms with Gasteiger partial charge in [-0.1, -0.05) is 12.1 Å². The molecule has 5 heteroatoms. The highest BCUT2D eigenvalue weighted by molar-refractivity contribution is 5.80. The number of methoxy groups -OCH3 is 1. The van der Waals surface area contributed by atoms with Gasteiger partial charge in [-0.3, -0.25) is 0 Å². The Bertz CT molecular complexity index is 912. The van der Waals surface area contributed by atoms with Crippen molar-refractivity contribution in [3.63, 3.8) is 0 Å². The van der Waals surface area contributed by atoms with Crippen LogP contribution < -0.4 is 15.0 Å². The molecule has 3 aromatic rings. The molecule has 1 fully saturated rings. The molecule has 5 nitrogen and oxygen atoms in total. The van der Waals surface area contributed by atoms with Crippen LogP contribution in [0.25, 0.3) is 11.0 Å². The lowest BCUT2D eigenvalue weighted by Crippen LogP contribution is -3.11. The van der Waals surface area contributed by atoms with E-state index in [0.717, 1.165) is 30.0 Å². The van der Waals surface area contributed by atoms with E-state index in [0.29, 0.717) is 0 Å². The summed E-state index contributed by atoms with van der Waals surface area (Å²) in [5.74, 6) is 2.08. The van der Waals surface area contributed by atoms with Gasteiger partial charge in [0.25, 0.3) is 0 Å². The van der Waals surface area contributed by atoms with Crippen LogP contribution in [0, 0.1) is 0 Å². The first-order valence-corrected chi connectivity index (χ1v) is 9.88. The Hall–Kier alpha value is -2.53. The summed E-state index contributed by atoms with van der Waals surface area (Å²) in [6.45, 7) is 4.34. The highest BCUT2D eigenvalue weighted by Crippen LogP contribution is 2.21. The van der Waals surface area contributed by atoms with Gasteiger partial charge in [0.1, 0.15) is 12.3 Å². The highest BCUT2D eigenvalue weighted by atomic mass is 16.5. The molecular formula is C22H29N4O+. The molecule has 0 aliphatic carbocycles. The Balaban J connectivity index is 1.48. The molecule has 0 radical (unpaired) electrons. The second-order valence-electron chi connectivity index (χ2n) is 7.48. The average molecular weight is 366 g/mol. The Morgan fingerprint density at radius 1 is 1.11 bits per heavy atom. The number of piperidine rings is 1. The van der Waals surface area contributed by atoms with Crippen LogP contribution in [0.15, 0.2) is 42.5 Å². The maximum absolute atomic E-state index is 5.30. The molecule has 1 aliphatic heterocycles. The summed E-state index contributed by atoms with van der Waals surface area (Å²) in [4.78, 5) is 6.59. The monoisotopic (exact) mass is 365 g/mol. The molecule has 2 heterocycles. The Morgan fingerprint density at radius 3 is 2.78 bits per heavy atom. The van der Waals surface area contributed by atoms with E-state index in [2.05, 4.69) is 47.3 Å². The predicted octanol–water partition coefficient (Wildman–Crippen LogP) is 2.76. The minimum atomic E-state index is 0.764. The van der Waals surface area contributed by atoms with Gasteiger partial charge in [0.2, 0.25) is 0 Å². The number of aryl methyl sites for hydroxylation is 1. The number of quaternary nitrogens is 1. The number of hydrogen-bond donors (Lipinski definition) is 2. The average Bonchev–Trinajstić information content (AvgIpc) is 3.02. The van der Waals surface area contributed by atoms with Crippen LogP contribution in [0.3, 0.4) is 0 Å². The molecule has 0 unspecified atom stereocenters. The standard InChI is InChI=1S/C22H28N4O/c1-25-21-10-9-18(23-15-17-7-6-8-19(13-17)27-2)14-20(21)24-22(25)16-26-11-4-3-5-12-26/h6-10,13-14,23H,3-5,11-12,15-16H2,1-2H3/p+1. The zero-order chi connectivity index (χ0) is 18.6. The summed E-state index contributed by atoms with van der Waals surface area (Å²) in [5.41, 5.74) is 4.57. The Morgan fingerprint density at radius 2 is 1.96 bits per heavy atom. The van der Waals surface area contributed by atoms with Crippen LogP contribution in [0.2, 0.25) is 0 Å². The maximum Gasteiger partial charge on any atom is 0.165 e. The van der Waals surface area contributed by atoms with E-state index in [-0.39, 0.29) is 0 Å². The number of nitrogens with zero attached hydrogens (tertiary/aromatic N) is 2. The van der Waals surface area contributed by atoms with E-state index < -0.39 is 0 Å². The minimum absolute atomic E-state index is 0.764. The molecule has 0 atom stereocenters. The molecule has 1 aromatic heterocycles. The quantitative estimate of drug-likeness (QED) is 0.706. The molecule has 0 saturated carbocycles. The molecule has 0 bridgehead atoms. The number of benzene rings is 2. The number of nitrogens with one attached hydrogen (secondary N) is 2. The zero-order valence-electron chi connectivity index (χ0n) is 16.3. The van der Waals surface area contributed by atoms with Gasteiger partial charge < -0.3 is 19.5 Å². The molecule has 2 N–H and O–H groups in total. The summed E-state index contributed by atoms with van der Waals surface area (Å²) >= 11 is 0. The van der Waals surface area contributed by atoms with Crippen LogP contribution in [0.4, 0.5) is 5.69 Å². The van der Waals surface area contributed by atoms with Gasteiger partial charge in [-0.05, 0) is 55.2 Å². The third kappa shape index (κ3) is 4.08. The first kappa shape index (κ1) is 17.9. The number of anilines is 1. The molecular weight excluding hydrogens is 336 g/mol. The highest BCUT2D eigenvalue weighted by Gasteiger charge is 2.18. The lowest BCUT2D eigenvalue weighted by Gasteiger charge is -2.23. The van der Waals surface area contributed by atoms with Crippen LogP contribution in [0.5, 0.6) is 5.75 Å². The predicted molar refractivity (Wildman–Crippen MR) is 109 cm³/mol. The SMILES string of the molecule is COc1cccc(CNc2ccc3c(c2)nc(C[NH+]2CCCCC2)n3C)c1. The number of aromatic nitrogens is 2. The number of fused-ring (bicyclic) bond motifs is 1. The summed E-state index contributed by atoms with van der Waals surface area (Å²) < 4.78 is 7.55. The van der Waals surface area contributed by atoms with Gasteiger partial charge in [0.15, 0.2) is 5.82 Å². The van der Waals surface area contributed by atoms with Gasteiger partial charge in [-0.2, -0.15) is 0 Å². The van der Waals surface area contributed by atoms with E-state index in [1.165, 1.54) is 49.3 Å². The Labute approximate surface area is 161 Å². The zero-order valence-corrected chi connectivity index (χ0v) is 16.3. The largest absolute Gasteiger partial charge is 0.497 e. The second kappa shape index (κ2) is 8.01. The lowest BCUT2D eigenvalue weighted by molar-refractivity contribution is -0.919. The molecule has 0 spiro atoms. The molecule has 2 aromatic carbocycles. The van der Waals surface area contributed by atoms with Crippen molar-refractivity contribution in [2.24, 2.45) is 7.05 Å². The van der Waals surface area contributed by atoms with Crippen LogP contribution in [-0.4, -0.2) is 29.8 Å². The molecule has 142 valence electrons. The van der Waals surface area contributed by atoms with E-state index in [1.54, 1.807) is 12.0 Å². The summed E-state index contributed by atoms with van der Waals surface area (Å²) in [6, 6.07) is 14.6. The van der Waals surface area contributed by atoms with Crippen LogP contribution in [0.1, 0.15) is 30.7 Å². The van der Waals surface area contributed by atoms with E-state index in [4.69, 9.17) is 9.72 Å². The number of rotatable bonds is 6. The smallest absolute Gasteiger partial charge is 0.165 e. The van der Waals surface area contributed by atoms with Crippen molar-refractivity contribution in [3.8, 4) is 5.75 Å². The van der Waals surface area contributed by atoms with Gasteiger partial charge in [0.05, 0.1) is 31.2 Å². The topological polar surface area (TPSA) is 43.5 Å². The molecule has 27 heavy (non-hydrogen) atoms. The third-order valence-electron chi connectivity index (χ3n) is 5.57. The van der Waals surface area contributed by atoms with Crippen molar-refractivity contribution < 1.29 is 9.64 Å². The lowest BCUT2D eigenvalue weighted by atomic mass is 10.1. The van der Waals surface area contributed by atoms with Crippen molar-refractivity contribution >= 4 is 16.7 Å². The fourth-order valence-corrected chi connectivity index (χ4v) is 3.96. The van der Waals surface area contributed by atoms with E-state index in [1.807, 2.05) is 12.1 Å². The van der Waals surface area contributed by atoms with Gasteiger partial charge in [-0.15, -0.1) is 0 Å².